The van der Waals surface area contributed by atoms with Gasteiger partial charge in [-0.2, -0.15) is 12.6 Å². The Bertz CT molecular complexity index is 1930. The molecule has 0 bridgehead atoms. The van der Waals surface area contributed by atoms with Gasteiger partial charge in [0.1, 0.15) is 18.2 Å². The van der Waals surface area contributed by atoms with Crippen LogP contribution in [0.4, 0.5) is 13.2 Å². The number of pyridine rings is 1. The predicted molar refractivity (Wildman–Crippen MR) is 237 cm³/mol. The highest BCUT2D eigenvalue weighted by molar-refractivity contribution is 7.79. The van der Waals surface area contributed by atoms with Gasteiger partial charge in [0.2, 0.25) is 18.2 Å². The van der Waals surface area contributed by atoms with Crippen LogP contribution in [-0.2, 0) is 50.0 Å². The van der Waals surface area contributed by atoms with Crippen LogP contribution in [-0.4, -0.2) is 101 Å². The second-order valence-corrected chi connectivity index (χ2v) is 14.6. The van der Waals surface area contributed by atoms with E-state index in [4.69, 9.17) is 40.6 Å². The maximum absolute atomic E-state index is 14.2. The zero-order valence-electron chi connectivity index (χ0n) is 36.3. The third-order valence-corrected chi connectivity index (χ3v) is 9.98. The smallest absolute Gasteiger partial charge is 0.292 e. The van der Waals surface area contributed by atoms with Gasteiger partial charge in [-0.3, -0.25) is 19.3 Å². The molecular formula is C44H62ClF3N6O6S. The van der Waals surface area contributed by atoms with Crippen molar-refractivity contribution < 1.29 is 41.8 Å². The summed E-state index contributed by atoms with van der Waals surface area (Å²) in [6, 6.07) is 15.6. The molecule has 2 aromatic carbocycles. The number of halogens is 4. The van der Waals surface area contributed by atoms with Gasteiger partial charge in [-0.05, 0) is 88.4 Å². The van der Waals surface area contributed by atoms with Crippen LogP contribution in [0.15, 0.2) is 54.6 Å². The number of nitrogens with two attached hydrogens (primary N) is 1. The number of primary amides is 1. The van der Waals surface area contributed by atoms with Crippen LogP contribution in [0, 0.1) is 5.82 Å². The molecular weight excluding hydrogens is 833 g/mol. The summed E-state index contributed by atoms with van der Waals surface area (Å²) in [5.74, 6) is -1.89. The Morgan fingerprint density at radius 3 is 2.34 bits per heavy atom. The molecule has 2 N–H and O–H groups in total. The molecule has 2 aromatic heterocycles. The first-order valence-corrected chi connectivity index (χ1v) is 21.7. The molecule has 0 radical (unpaired) electrons. The monoisotopic (exact) mass is 894 g/mol. The van der Waals surface area contributed by atoms with Crippen molar-refractivity contribution >= 4 is 54.1 Å². The van der Waals surface area contributed by atoms with E-state index in [1.807, 2.05) is 44.2 Å². The number of rotatable bonds is 14. The number of benzene rings is 2. The van der Waals surface area contributed by atoms with Crippen LogP contribution >= 0.6 is 24.2 Å². The fraction of sp³-hybridized carbons (Fsp3) is 0.523. The Balaban J connectivity index is 0.00000106. The minimum absolute atomic E-state index is 0.0202. The van der Waals surface area contributed by atoms with Crippen molar-refractivity contribution in [2.24, 2.45) is 5.73 Å². The summed E-state index contributed by atoms with van der Waals surface area (Å²) in [6.07, 6.45) is 4.44. The van der Waals surface area contributed by atoms with E-state index in [1.165, 1.54) is 18.1 Å². The molecule has 2 aliphatic heterocycles. The van der Waals surface area contributed by atoms with Crippen molar-refractivity contribution in [3.05, 3.63) is 88.1 Å². The van der Waals surface area contributed by atoms with Crippen LogP contribution in [0.25, 0.3) is 11.0 Å². The number of amides is 2. The Labute approximate surface area is 368 Å². The average molecular weight is 896 g/mol. The van der Waals surface area contributed by atoms with Crippen LogP contribution in [0.3, 0.4) is 0 Å². The Morgan fingerprint density at radius 1 is 1.08 bits per heavy atom. The number of fused-ring (bicyclic) bond motifs is 1. The first kappa shape index (κ1) is 52.8. The lowest BCUT2D eigenvalue weighted by Crippen LogP contribution is -2.36. The molecule has 2 atom stereocenters. The Hall–Kier alpha value is -4.38. The van der Waals surface area contributed by atoms with Crippen LogP contribution in [0.2, 0.25) is 5.02 Å². The molecule has 4 heterocycles. The number of carbonyl (C=O) groups excluding carboxylic acids is 3. The number of likely N-dealkylation sites (tertiary alicyclic amines) is 2. The first-order chi connectivity index (χ1) is 29.3. The standard InChI is InChI=1S/C38H45ClF3N5O3.C2H4O2.C2H6.CH3NO.CH4S/c1-4-16-49-26(3)21-46-34-11-8-27(18-37(48)47-24-38(41,42)20-25(47)2)17-33(34)43-35(46)22-45-14-12-28(13-15-45)32-6-5-7-36(44-32)50-23-29-9-10-30(39)19-31(29)40;1-4-2-3;1-2;2-1-3;1-2/h5-11,17,19,25-26,28H,4,12-16,18,20-24H2,1-3H3;2H,1H3;1-2H3;1H,(H2,2,3);2H,1H3. The molecule has 2 saturated heterocycles. The number of ether oxygens (including phenoxy) is 3. The number of piperidine rings is 1. The summed E-state index contributed by atoms with van der Waals surface area (Å²) in [5, 5.41) is 0.342. The fourth-order valence-corrected chi connectivity index (χ4v) is 7.19. The van der Waals surface area contributed by atoms with E-state index in [1.54, 1.807) is 31.4 Å². The molecule has 2 unspecified atom stereocenters. The molecule has 61 heavy (non-hydrogen) atoms. The minimum Gasteiger partial charge on any atom is -0.473 e. The lowest BCUT2D eigenvalue weighted by atomic mass is 9.93. The number of aromatic nitrogens is 3. The molecule has 4 aromatic rings. The number of thiol groups is 1. The van der Waals surface area contributed by atoms with Gasteiger partial charge in [-0.25, -0.2) is 23.1 Å². The summed E-state index contributed by atoms with van der Waals surface area (Å²) >= 11 is 9.40. The van der Waals surface area contributed by atoms with E-state index in [9.17, 15) is 18.0 Å². The SMILES string of the molecule is CC.CCCOC(C)Cn1c(CN2CCC(c3cccc(OCc4ccc(Cl)cc4F)n3)CC2)nc2cc(CC(=O)N3CC(F)(F)CC3C)ccc21.COC=O.CS.NC=O. The maximum atomic E-state index is 14.2. The second kappa shape index (κ2) is 27.5. The molecule has 2 fully saturated rings. The van der Waals surface area contributed by atoms with Gasteiger partial charge in [0, 0.05) is 47.3 Å². The van der Waals surface area contributed by atoms with Crippen molar-refractivity contribution in [3.63, 3.8) is 0 Å². The number of methoxy groups -OCH3 is 1. The summed E-state index contributed by atoms with van der Waals surface area (Å²) in [6.45, 7) is 13.4. The lowest BCUT2D eigenvalue weighted by Gasteiger charge is -2.31. The largest absolute Gasteiger partial charge is 0.473 e. The summed E-state index contributed by atoms with van der Waals surface area (Å²) in [7, 11) is 1.31. The molecule has 6 rings (SSSR count). The quantitative estimate of drug-likeness (QED) is 0.0946. The molecule has 338 valence electrons. The predicted octanol–water partition coefficient (Wildman–Crippen LogP) is 8.26. The van der Waals surface area contributed by atoms with Crippen molar-refractivity contribution in [1.82, 2.24) is 24.3 Å². The minimum atomic E-state index is -2.84. The highest BCUT2D eigenvalue weighted by atomic mass is 35.5. The molecule has 2 amide bonds. The normalized spacial score (nSPS) is 16.3. The lowest BCUT2D eigenvalue weighted by molar-refractivity contribution is -0.132. The number of imidazole rings is 1. The number of hydrogen-bond donors (Lipinski definition) is 2. The van der Waals surface area contributed by atoms with E-state index in [0.29, 0.717) is 42.6 Å². The molecule has 17 heteroatoms. The highest BCUT2D eigenvalue weighted by Crippen LogP contribution is 2.33. The van der Waals surface area contributed by atoms with Crippen LogP contribution in [0.1, 0.15) is 88.9 Å². The summed E-state index contributed by atoms with van der Waals surface area (Å²) < 4.78 is 60.1. The van der Waals surface area contributed by atoms with Gasteiger partial charge in [0.15, 0.2) is 0 Å². The van der Waals surface area contributed by atoms with Gasteiger partial charge in [0.05, 0.1) is 50.3 Å². The maximum Gasteiger partial charge on any atom is 0.292 e. The van der Waals surface area contributed by atoms with Gasteiger partial charge in [-0.15, -0.1) is 0 Å². The summed E-state index contributed by atoms with van der Waals surface area (Å²) in [5.41, 5.74) is 8.04. The Kier molecular flexibility index (Phi) is 23.8. The third kappa shape index (κ3) is 16.8. The van der Waals surface area contributed by atoms with Crippen LogP contribution in [0.5, 0.6) is 5.88 Å². The first-order valence-electron chi connectivity index (χ1n) is 20.4. The number of carbonyl (C=O) groups is 3. The van der Waals surface area contributed by atoms with E-state index < -0.39 is 24.3 Å². The van der Waals surface area contributed by atoms with Crippen molar-refractivity contribution in [2.45, 2.75) is 110 Å². The van der Waals surface area contributed by atoms with Crippen molar-refractivity contribution in [3.8, 4) is 5.88 Å². The zero-order valence-corrected chi connectivity index (χ0v) is 37.9. The van der Waals surface area contributed by atoms with Gasteiger partial charge in [0.25, 0.3) is 12.4 Å². The molecule has 0 saturated carbocycles. The summed E-state index contributed by atoms with van der Waals surface area (Å²) in [4.78, 5) is 44.0. The van der Waals surface area contributed by atoms with Crippen LogP contribution < -0.4 is 10.5 Å². The number of alkyl halides is 2. The van der Waals surface area contributed by atoms with E-state index in [2.05, 4.69) is 46.4 Å². The third-order valence-electron chi connectivity index (χ3n) is 9.74. The van der Waals surface area contributed by atoms with Gasteiger partial charge in [-0.1, -0.05) is 50.6 Å². The fourth-order valence-electron chi connectivity index (χ4n) is 7.03. The van der Waals surface area contributed by atoms with E-state index >= 15 is 0 Å². The highest BCUT2D eigenvalue weighted by Gasteiger charge is 2.44. The number of hydrogen-bond acceptors (Lipinski definition) is 10. The van der Waals surface area contributed by atoms with Gasteiger partial charge < -0.3 is 29.4 Å². The molecule has 0 aliphatic carbocycles. The average Bonchev–Trinajstić information content (AvgIpc) is 3.74. The number of nitrogens with zero attached hydrogens (tertiary/aromatic N) is 5. The molecule has 0 spiro atoms. The molecule has 12 nitrogen and oxygen atoms in total. The van der Waals surface area contributed by atoms with E-state index in [0.717, 1.165) is 60.5 Å². The van der Waals surface area contributed by atoms with E-state index in [-0.39, 0.29) is 43.8 Å². The zero-order chi connectivity index (χ0) is 45.5. The topological polar surface area (TPSA) is 142 Å². The Morgan fingerprint density at radius 2 is 1.75 bits per heavy atom. The second-order valence-electron chi connectivity index (χ2n) is 14.2. The van der Waals surface area contributed by atoms with Gasteiger partial charge >= 0.3 is 0 Å². The molecule has 2 aliphatic rings. The van der Waals surface area contributed by atoms with Crippen molar-refractivity contribution in [2.75, 3.05) is 39.6 Å². The van der Waals surface area contributed by atoms with Crippen molar-refractivity contribution in [1.29, 1.82) is 0 Å².